The first-order valence-electron chi connectivity index (χ1n) is 6.14. The molecule has 106 valence electrons. The predicted octanol–water partition coefficient (Wildman–Crippen LogP) is 1.66. The Morgan fingerprint density at radius 3 is 2.67 bits per heavy atom. The van der Waals surface area contributed by atoms with Crippen LogP contribution in [0.1, 0.15) is 19.8 Å². The van der Waals surface area contributed by atoms with Gasteiger partial charge in [-0.1, -0.05) is 6.92 Å². The molecule has 0 radical (unpaired) electrons. The minimum Gasteiger partial charge on any atom is -0.329 e. The average molecular weight is 267 g/mol. The first-order valence-corrected chi connectivity index (χ1v) is 6.14. The molecule has 2 amide bonds. The maximum atomic E-state index is 12.4. The van der Waals surface area contributed by atoms with Crippen LogP contribution in [-0.2, 0) is 0 Å². The highest BCUT2D eigenvalue weighted by Crippen LogP contribution is 2.20. The molecule has 0 aromatic rings. The number of amides is 2. The highest BCUT2D eigenvalue weighted by Gasteiger charge is 2.35. The van der Waals surface area contributed by atoms with Crippen molar-refractivity contribution in [1.82, 2.24) is 9.80 Å². The number of piperidine rings is 1. The number of carbonyl (C=O) groups is 1. The highest BCUT2D eigenvalue weighted by atomic mass is 19.4. The Hall–Kier alpha value is -0.980. The van der Waals surface area contributed by atoms with Gasteiger partial charge in [0.2, 0.25) is 0 Å². The summed E-state index contributed by atoms with van der Waals surface area (Å²) in [5.74, 6) is 0.341. The number of nitrogens with two attached hydrogens (primary N) is 1. The second kappa shape index (κ2) is 6.26. The molecule has 1 atom stereocenters. The summed E-state index contributed by atoms with van der Waals surface area (Å²) in [6.45, 7) is 1.79. The lowest BCUT2D eigenvalue weighted by molar-refractivity contribution is -0.141. The van der Waals surface area contributed by atoms with Gasteiger partial charge in [-0.2, -0.15) is 13.2 Å². The van der Waals surface area contributed by atoms with Crippen molar-refractivity contribution in [2.24, 2.45) is 11.7 Å². The topological polar surface area (TPSA) is 49.6 Å². The fraction of sp³-hybridized carbons (Fsp3) is 0.909. The summed E-state index contributed by atoms with van der Waals surface area (Å²) in [5.41, 5.74) is 5.26. The van der Waals surface area contributed by atoms with Gasteiger partial charge in [-0.3, -0.25) is 0 Å². The van der Waals surface area contributed by atoms with E-state index in [1.165, 1.54) is 4.90 Å². The second-order valence-corrected chi connectivity index (χ2v) is 4.80. The molecule has 4 nitrogen and oxygen atoms in total. The van der Waals surface area contributed by atoms with Gasteiger partial charge in [-0.25, -0.2) is 4.79 Å². The summed E-state index contributed by atoms with van der Waals surface area (Å²) in [7, 11) is 0. The zero-order valence-electron chi connectivity index (χ0n) is 10.5. The van der Waals surface area contributed by atoms with E-state index < -0.39 is 18.8 Å². The zero-order chi connectivity index (χ0) is 13.8. The summed E-state index contributed by atoms with van der Waals surface area (Å²) in [6.07, 6.45) is -2.53. The van der Waals surface area contributed by atoms with Crippen molar-refractivity contribution in [2.45, 2.75) is 25.9 Å². The van der Waals surface area contributed by atoms with Gasteiger partial charge in [0.1, 0.15) is 6.54 Å². The SMILES string of the molecule is CC1CCCN(C(=O)N(CCN)CC(F)(F)F)C1. The molecule has 0 saturated carbocycles. The van der Waals surface area contributed by atoms with Crippen molar-refractivity contribution in [1.29, 1.82) is 0 Å². The minimum absolute atomic E-state index is 0.0329. The number of alkyl halides is 3. The molecule has 0 bridgehead atoms. The fourth-order valence-corrected chi connectivity index (χ4v) is 2.18. The van der Waals surface area contributed by atoms with Crippen LogP contribution in [0.4, 0.5) is 18.0 Å². The number of rotatable bonds is 3. The van der Waals surface area contributed by atoms with E-state index in [4.69, 9.17) is 5.73 Å². The van der Waals surface area contributed by atoms with Crippen LogP contribution in [0.15, 0.2) is 0 Å². The van der Waals surface area contributed by atoms with Crippen molar-refractivity contribution in [3.05, 3.63) is 0 Å². The van der Waals surface area contributed by atoms with Gasteiger partial charge in [-0.15, -0.1) is 0 Å². The van der Waals surface area contributed by atoms with Crippen LogP contribution in [0.5, 0.6) is 0 Å². The number of hydrogen-bond donors (Lipinski definition) is 1. The van der Waals surface area contributed by atoms with Gasteiger partial charge in [0, 0.05) is 26.2 Å². The van der Waals surface area contributed by atoms with Gasteiger partial charge < -0.3 is 15.5 Å². The standard InChI is InChI=1S/C11H20F3N3O/c1-9-3-2-5-16(7-9)10(18)17(6-4-15)8-11(12,13)14/h9H,2-8,15H2,1H3. The number of carbonyl (C=O) groups excluding carboxylic acids is 1. The summed E-state index contributed by atoms with van der Waals surface area (Å²) in [4.78, 5) is 14.3. The van der Waals surface area contributed by atoms with Gasteiger partial charge in [0.15, 0.2) is 0 Å². The molecule has 1 unspecified atom stereocenters. The molecule has 1 heterocycles. The lowest BCUT2D eigenvalue weighted by Gasteiger charge is -2.35. The van der Waals surface area contributed by atoms with Crippen LogP contribution in [0.2, 0.25) is 0 Å². The normalized spacial score (nSPS) is 20.9. The zero-order valence-corrected chi connectivity index (χ0v) is 10.5. The van der Waals surface area contributed by atoms with Crippen molar-refractivity contribution in [3.63, 3.8) is 0 Å². The van der Waals surface area contributed by atoms with Gasteiger partial charge in [0.05, 0.1) is 0 Å². The van der Waals surface area contributed by atoms with Crippen LogP contribution >= 0.6 is 0 Å². The highest BCUT2D eigenvalue weighted by molar-refractivity contribution is 5.74. The van der Waals surface area contributed by atoms with Crippen LogP contribution in [0.3, 0.4) is 0 Å². The molecule has 0 aromatic carbocycles. The summed E-state index contributed by atoms with van der Waals surface area (Å²) < 4.78 is 37.1. The van der Waals surface area contributed by atoms with E-state index in [0.717, 1.165) is 17.7 Å². The van der Waals surface area contributed by atoms with Crippen molar-refractivity contribution in [2.75, 3.05) is 32.7 Å². The smallest absolute Gasteiger partial charge is 0.329 e. The van der Waals surface area contributed by atoms with Crippen LogP contribution in [-0.4, -0.2) is 54.7 Å². The number of hydrogen-bond acceptors (Lipinski definition) is 2. The molecule has 0 spiro atoms. The maximum absolute atomic E-state index is 12.4. The summed E-state index contributed by atoms with van der Waals surface area (Å²) in [5, 5.41) is 0. The molecule has 1 aliphatic rings. The molecule has 0 aromatic heterocycles. The van der Waals surface area contributed by atoms with Crippen molar-refractivity contribution >= 4 is 6.03 Å². The number of nitrogens with zero attached hydrogens (tertiary/aromatic N) is 2. The molecular weight excluding hydrogens is 247 g/mol. The molecular formula is C11H20F3N3O. The Morgan fingerprint density at radius 1 is 1.50 bits per heavy atom. The fourth-order valence-electron chi connectivity index (χ4n) is 2.18. The monoisotopic (exact) mass is 267 g/mol. The van der Waals surface area contributed by atoms with E-state index in [1.54, 1.807) is 0 Å². The quantitative estimate of drug-likeness (QED) is 0.845. The van der Waals surface area contributed by atoms with Gasteiger partial charge >= 0.3 is 12.2 Å². The van der Waals surface area contributed by atoms with Gasteiger partial charge in [-0.05, 0) is 18.8 Å². The Kier molecular flexibility index (Phi) is 5.25. The van der Waals surface area contributed by atoms with Crippen molar-refractivity contribution in [3.8, 4) is 0 Å². The molecule has 1 fully saturated rings. The third-order valence-corrected chi connectivity index (χ3v) is 2.97. The number of urea groups is 1. The Bertz CT molecular complexity index is 283. The summed E-state index contributed by atoms with van der Waals surface area (Å²) in [6, 6.07) is -0.552. The second-order valence-electron chi connectivity index (χ2n) is 4.80. The van der Waals surface area contributed by atoms with Crippen LogP contribution < -0.4 is 5.73 Å². The van der Waals surface area contributed by atoms with Crippen LogP contribution in [0.25, 0.3) is 0 Å². The van der Waals surface area contributed by atoms with E-state index in [-0.39, 0.29) is 13.1 Å². The van der Waals surface area contributed by atoms with E-state index in [0.29, 0.717) is 19.0 Å². The number of likely N-dealkylation sites (tertiary alicyclic amines) is 1. The molecule has 18 heavy (non-hydrogen) atoms. The average Bonchev–Trinajstić information content (AvgIpc) is 2.26. The largest absolute Gasteiger partial charge is 0.406 e. The molecule has 2 N–H and O–H groups in total. The first kappa shape index (κ1) is 15.1. The van der Waals surface area contributed by atoms with Crippen LogP contribution in [0, 0.1) is 5.92 Å². The molecule has 0 aliphatic carbocycles. The third kappa shape index (κ3) is 4.72. The lowest BCUT2D eigenvalue weighted by Crippen LogP contribution is -2.51. The Morgan fingerprint density at radius 2 is 2.17 bits per heavy atom. The number of halogens is 3. The summed E-state index contributed by atoms with van der Waals surface area (Å²) >= 11 is 0. The Labute approximate surface area is 105 Å². The minimum atomic E-state index is -4.38. The maximum Gasteiger partial charge on any atom is 0.406 e. The molecule has 1 rings (SSSR count). The van der Waals surface area contributed by atoms with Crippen molar-refractivity contribution < 1.29 is 18.0 Å². The van der Waals surface area contributed by atoms with E-state index in [1.807, 2.05) is 6.92 Å². The first-order chi connectivity index (χ1) is 8.33. The van der Waals surface area contributed by atoms with Gasteiger partial charge in [0.25, 0.3) is 0 Å². The van der Waals surface area contributed by atoms with E-state index >= 15 is 0 Å². The lowest BCUT2D eigenvalue weighted by atomic mass is 10.0. The third-order valence-electron chi connectivity index (χ3n) is 2.97. The molecule has 7 heteroatoms. The Balaban J connectivity index is 2.63. The molecule has 1 aliphatic heterocycles. The van der Waals surface area contributed by atoms with E-state index in [9.17, 15) is 18.0 Å². The predicted molar refractivity (Wildman–Crippen MR) is 62.0 cm³/mol. The molecule has 1 saturated heterocycles. The van der Waals surface area contributed by atoms with E-state index in [2.05, 4.69) is 0 Å².